The Kier molecular flexibility index (Phi) is 6.56. The van der Waals surface area contributed by atoms with Crippen LogP contribution in [-0.2, 0) is 19.1 Å². The minimum absolute atomic E-state index is 0.0104. The second-order valence-corrected chi connectivity index (χ2v) is 7.79. The molecule has 9 heteroatoms. The molecular weight excluding hydrogens is 416 g/mol. The number of methoxy groups -OCH3 is 1. The minimum atomic E-state index is -0.640. The van der Waals surface area contributed by atoms with E-state index in [0.29, 0.717) is 22.0 Å². The van der Waals surface area contributed by atoms with Crippen LogP contribution in [0.2, 0.25) is 5.02 Å². The van der Waals surface area contributed by atoms with Crippen molar-refractivity contribution < 1.29 is 23.9 Å². The SMILES string of the molecule is COC(=O)c1ccc(N2C(=O)CC(SCC(=O)Nc3ccc(Cl)cc3)C2=O)cc1. The molecule has 0 spiro atoms. The van der Waals surface area contributed by atoms with E-state index in [1.807, 2.05) is 0 Å². The lowest BCUT2D eigenvalue weighted by Crippen LogP contribution is -2.31. The zero-order valence-electron chi connectivity index (χ0n) is 15.4. The van der Waals surface area contributed by atoms with Gasteiger partial charge in [-0.2, -0.15) is 0 Å². The van der Waals surface area contributed by atoms with Crippen LogP contribution in [0.5, 0.6) is 0 Å². The summed E-state index contributed by atoms with van der Waals surface area (Å²) in [5, 5.41) is 2.63. The highest BCUT2D eigenvalue weighted by molar-refractivity contribution is 8.01. The summed E-state index contributed by atoms with van der Waals surface area (Å²) >= 11 is 6.92. The Bertz CT molecular complexity index is 946. The summed E-state index contributed by atoms with van der Waals surface area (Å²) in [6.07, 6.45) is 0.0104. The zero-order valence-corrected chi connectivity index (χ0v) is 17.0. The van der Waals surface area contributed by atoms with E-state index in [4.69, 9.17) is 11.6 Å². The van der Waals surface area contributed by atoms with Gasteiger partial charge in [-0.3, -0.25) is 14.4 Å². The largest absolute Gasteiger partial charge is 0.465 e. The number of hydrogen-bond donors (Lipinski definition) is 1. The van der Waals surface area contributed by atoms with Crippen LogP contribution >= 0.6 is 23.4 Å². The Morgan fingerprint density at radius 3 is 2.41 bits per heavy atom. The van der Waals surface area contributed by atoms with Crippen LogP contribution < -0.4 is 10.2 Å². The molecular formula is C20H17ClN2O5S. The first kappa shape index (κ1) is 20.9. The molecule has 1 atom stereocenters. The lowest BCUT2D eigenvalue weighted by Gasteiger charge is -2.15. The Morgan fingerprint density at radius 2 is 1.79 bits per heavy atom. The Balaban J connectivity index is 1.59. The van der Waals surface area contributed by atoms with E-state index in [-0.39, 0.29) is 29.9 Å². The third-order valence-electron chi connectivity index (χ3n) is 4.20. The number of carbonyl (C=O) groups excluding carboxylic acids is 4. The molecule has 150 valence electrons. The smallest absolute Gasteiger partial charge is 0.337 e. The summed E-state index contributed by atoms with van der Waals surface area (Å²) in [5.41, 5.74) is 1.29. The van der Waals surface area contributed by atoms with Crippen molar-refractivity contribution in [2.45, 2.75) is 11.7 Å². The van der Waals surface area contributed by atoms with Crippen molar-refractivity contribution in [3.8, 4) is 0 Å². The first-order chi connectivity index (χ1) is 13.9. The van der Waals surface area contributed by atoms with Gasteiger partial charge in [0.25, 0.3) is 0 Å². The van der Waals surface area contributed by atoms with Crippen molar-refractivity contribution in [2.75, 3.05) is 23.1 Å². The number of hydrogen-bond acceptors (Lipinski definition) is 6. The molecule has 1 aliphatic rings. The molecule has 0 bridgehead atoms. The van der Waals surface area contributed by atoms with Crippen molar-refractivity contribution in [1.29, 1.82) is 0 Å². The number of nitrogens with one attached hydrogen (secondary N) is 1. The molecule has 29 heavy (non-hydrogen) atoms. The van der Waals surface area contributed by atoms with E-state index in [1.54, 1.807) is 24.3 Å². The maximum atomic E-state index is 12.6. The zero-order chi connectivity index (χ0) is 21.0. The number of ether oxygens (including phenoxy) is 1. The molecule has 0 radical (unpaired) electrons. The average Bonchev–Trinajstić information content (AvgIpc) is 3.01. The van der Waals surface area contributed by atoms with Crippen LogP contribution in [0.4, 0.5) is 11.4 Å². The number of benzene rings is 2. The first-order valence-electron chi connectivity index (χ1n) is 8.61. The highest BCUT2D eigenvalue weighted by atomic mass is 35.5. The van der Waals surface area contributed by atoms with Gasteiger partial charge in [-0.05, 0) is 48.5 Å². The van der Waals surface area contributed by atoms with E-state index in [1.165, 1.54) is 31.4 Å². The lowest BCUT2D eigenvalue weighted by molar-refractivity contribution is -0.121. The number of carbonyl (C=O) groups is 4. The van der Waals surface area contributed by atoms with Gasteiger partial charge < -0.3 is 10.1 Å². The number of anilines is 2. The van der Waals surface area contributed by atoms with E-state index in [2.05, 4.69) is 10.1 Å². The molecule has 2 aromatic carbocycles. The number of amides is 3. The van der Waals surface area contributed by atoms with E-state index >= 15 is 0 Å². The van der Waals surface area contributed by atoms with Gasteiger partial charge in [-0.25, -0.2) is 9.69 Å². The Labute approximate surface area is 176 Å². The van der Waals surface area contributed by atoms with Crippen molar-refractivity contribution in [1.82, 2.24) is 0 Å². The predicted octanol–water partition coefficient (Wildman–Crippen LogP) is 3.13. The molecule has 1 unspecified atom stereocenters. The quantitative estimate of drug-likeness (QED) is 0.557. The van der Waals surface area contributed by atoms with E-state index in [9.17, 15) is 19.2 Å². The van der Waals surface area contributed by atoms with Crippen molar-refractivity contribution in [3.63, 3.8) is 0 Å². The number of imide groups is 1. The number of nitrogens with zero attached hydrogens (tertiary/aromatic N) is 1. The molecule has 1 N–H and O–H groups in total. The van der Waals surface area contributed by atoms with Gasteiger partial charge >= 0.3 is 5.97 Å². The molecule has 1 fully saturated rings. The molecule has 3 amide bonds. The van der Waals surface area contributed by atoms with Crippen LogP contribution in [0.3, 0.4) is 0 Å². The van der Waals surface area contributed by atoms with Gasteiger partial charge in [0.1, 0.15) is 0 Å². The van der Waals surface area contributed by atoms with Crippen LogP contribution in [0.1, 0.15) is 16.8 Å². The average molecular weight is 433 g/mol. The summed E-state index contributed by atoms with van der Waals surface area (Å²) < 4.78 is 4.63. The normalized spacial score (nSPS) is 16.1. The molecule has 1 saturated heterocycles. The van der Waals surface area contributed by atoms with Crippen molar-refractivity contribution >= 4 is 58.4 Å². The summed E-state index contributed by atoms with van der Waals surface area (Å²) in [6.45, 7) is 0. The van der Waals surface area contributed by atoms with E-state index < -0.39 is 11.2 Å². The van der Waals surface area contributed by atoms with Gasteiger partial charge in [0.15, 0.2) is 0 Å². The Morgan fingerprint density at radius 1 is 1.14 bits per heavy atom. The van der Waals surface area contributed by atoms with Crippen LogP contribution in [-0.4, -0.2) is 41.8 Å². The van der Waals surface area contributed by atoms with E-state index in [0.717, 1.165) is 16.7 Å². The topological polar surface area (TPSA) is 92.8 Å². The number of rotatable bonds is 6. The monoisotopic (exact) mass is 432 g/mol. The fourth-order valence-corrected chi connectivity index (χ4v) is 3.84. The highest BCUT2D eigenvalue weighted by Crippen LogP contribution is 2.30. The Hall–Kier alpha value is -2.84. The highest BCUT2D eigenvalue weighted by Gasteiger charge is 2.40. The molecule has 1 aliphatic heterocycles. The summed E-state index contributed by atoms with van der Waals surface area (Å²) in [5.74, 6) is -1.49. The van der Waals surface area contributed by atoms with Gasteiger partial charge in [-0.15, -0.1) is 11.8 Å². The molecule has 0 saturated carbocycles. The standard InChI is InChI=1S/C20H17ClN2O5S/c1-28-20(27)12-2-8-15(9-3-12)23-18(25)10-16(19(23)26)29-11-17(24)22-14-6-4-13(21)5-7-14/h2-9,16H,10-11H2,1H3,(H,22,24). The van der Waals surface area contributed by atoms with Crippen molar-refractivity contribution in [3.05, 3.63) is 59.1 Å². The molecule has 0 aromatic heterocycles. The second kappa shape index (κ2) is 9.11. The second-order valence-electron chi connectivity index (χ2n) is 6.16. The fraction of sp³-hybridized carbons (Fsp3) is 0.200. The maximum absolute atomic E-state index is 12.6. The molecule has 1 heterocycles. The summed E-state index contributed by atoms with van der Waals surface area (Å²) in [7, 11) is 1.27. The molecule has 2 aromatic rings. The van der Waals surface area contributed by atoms with Crippen LogP contribution in [0.25, 0.3) is 0 Å². The number of thioether (sulfide) groups is 1. The van der Waals surface area contributed by atoms with Gasteiger partial charge in [0.05, 0.1) is 29.4 Å². The molecule has 0 aliphatic carbocycles. The molecule has 3 rings (SSSR count). The number of esters is 1. The van der Waals surface area contributed by atoms with Gasteiger partial charge in [-0.1, -0.05) is 11.6 Å². The van der Waals surface area contributed by atoms with Crippen molar-refractivity contribution in [2.24, 2.45) is 0 Å². The maximum Gasteiger partial charge on any atom is 0.337 e. The lowest BCUT2D eigenvalue weighted by atomic mass is 10.2. The van der Waals surface area contributed by atoms with Crippen LogP contribution in [0, 0.1) is 0 Å². The number of halogens is 1. The van der Waals surface area contributed by atoms with Crippen LogP contribution in [0.15, 0.2) is 48.5 Å². The molecule has 7 nitrogen and oxygen atoms in total. The van der Waals surface area contributed by atoms with Gasteiger partial charge in [0, 0.05) is 17.1 Å². The van der Waals surface area contributed by atoms with Gasteiger partial charge in [0.2, 0.25) is 17.7 Å². The summed E-state index contributed by atoms with van der Waals surface area (Å²) in [4.78, 5) is 49.7. The minimum Gasteiger partial charge on any atom is -0.465 e. The third-order valence-corrected chi connectivity index (χ3v) is 5.65. The summed E-state index contributed by atoms with van der Waals surface area (Å²) in [6, 6.07) is 12.7. The first-order valence-corrected chi connectivity index (χ1v) is 10.0. The third kappa shape index (κ3) is 4.96. The predicted molar refractivity (Wildman–Crippen MR) is 111 cm³/mol. The fourth-order valence-electron chi connectivity index (χ4n) is 2.78.